The Morgan fingerprint density at radius 2 is 2.00 bits per heavy atom. The van der Waals surface area contributed by atoms with Gasteiger partial charge in [0.05, 0.1) is 5.92 Å². The first-order valence-electron chi connectivity index (χ1n) is 6.54. The molecular weight excluding hydrogens is 247 g/mol. The maximum atomic E-state index is 13.9. The molecule has 1 N–H and O–H groups in total. The number of amides is 3. The highest BCUT2D eigenvalue weighted by Crippen LogP contribution is 2.34. The number of fused-ring (bicyclic) bond motifs is 1. The number of nitrogens with zero attached hydrogens (tertiary/aromatic N) is 1. The van der Waals surface area contributed by atoms with E-state index in [9.17, 15) is 14.0 Å². The highest BCUT2D eigenvalue weighted by molar-refractivity contribution is 6.01. The molecule has 0 spiro atoms. The number of carbonyl (C=O) groups excluding carboxylic acids is 2. The highest BCUT2D eigenvalue weighted by Gasteiger charge is 2.43. The SMILES string of the molecule is O=C1NC(=O)N2CCCCC2C1c1ccccc1F. The Labute approximate surface area is 110 Å². The van der Waals surface area contributed by atoms with E-state index in [-0.39, 0.29) is 17.9 Å². The van der Waals surface area contributed by atoms with Gasteiger partial charge < -0.3 is 4.90 Å². The maximum Gasteiger partial charge on any atom is 0.324 e. The van der Waals surface area contributed by atoms with Gasteiger partial charge in [0.15, 0.2) is 0 Å². The lowest BCUT2D eigenvalue weighted by Crippen LogP contribution is -2.60. The van der Waals surface area contributed by atoms with E-state index in [1.54, 1.807) is 23.1 Å². The molecule has 0 aliphatic carbocycles. The smallest absolute Gasteiger partial charge is 0.320 e. The lowest BCUT2D eigenvalue weighted by Gasteiger charge is -2.43. The average Bonchev–Trinajstić information content (AvgIpc) is 2.41. The van der Waals surface area contributed by atoms with Crippen LogP contribution in [0.1, 0.15) is 30.7 Å². The van der Waals surface area contributed by atoms with Crippen molar-refractivity contribution < 1.29 is 14.0 Å². The largest absolute Gasteiger partial charge is 0.324 e. The van der Waals surface area contributed by atoms with Crippen molar-refractivity contribution in [3.8, 4) is 0 Å². The predicted octanol–water partition coefficient (Wildman–Crippen LogP) is 2.01. The summed E-state index contributed by atoms with van der Waals surface area (Å²) in [6, 6.07) is 5.74. The average molecular weight is 262 g/mol. The Bertz CT molecular complexity index is 532. The lowest BCUT2D eigenvalue weighted by atomic mass is 9.83. The van der Waals surface area contributed by atoms with Crippen molar-refractivity contribution in [3.05, 3.63) is 35.6 Å². The number of nitrogens with one attached hydrogen (secondary N) is 1. The number of imide groups is 1. The Kier molecular flexibility index (Phi) is 2.97. The van der Waals surface area contributed by atoms with Crippen LogP contribution < -0.4 is 5.32 Å². The molecule has 4 nitrogen and oxygen atoms in total. The standard InChI is InChI=1S/C14H15FN2O2/c15-10-6-2-1-5-9(10)12-11-7-3-4-8-17(11)14(19)16-13(12)18/h1-2,5-6,11-12H,3-4,7-8H2,(H,16,18,19). The molecule has 3 amide bonds. The first kappa shape index (κ1) is 12.1. The molecule has 2 atom stereocenters. The van der Waals surface area contributed by atoms with Gasteiger partial charge in [-0.1, -0.05) is 18.2 Å². The number of carbonyl (C=O) groups is 2. The molecule has 1 aromatic rings. The van der Waals surface area contributed by atoms with E-state index < -0.39 is 11.8 Å². The van der Waals surface area contributed by atoms with E-state index in [0.717, 1.165) is 19.3 Å². The van der Waals surface area contributed by atoms with Crippen LogP contribution >= 0.6 is 0 Å². The molecule has 2 aliphatic heterocycles. The molecule has 2 unspecified atom stereocenters. The zero-order chi connectivity index (χ0) is 13.4. The summed E-state index contributed by atoms with van der Waals surface area (Å²) in [6.45, 7) is 0.634. The molecule has 100 valence electrons. The topological polar surface area (TPSA) is 49.4 Å². The normalized spacial score (nSPS) is 26.9. The number of urea groups is 1. The second kappa shape index (κ2) is 4.64. The van der Waals surface area contributed by atoms with Crippen LogP contribution in [0.4, 0.5) is 9.18 Å². The highest BCUT2D eigenvalue weighted by atomic mass is 19.1. The van der Waals surface area contributed by atoms with Crippen molar-refractivity contribution >= 4 is 11.9 Å². The molecule has 2 heterocycles. The van der Waals surface area contributed by atoms with Crippen LogP contribution in [0.5, 0.6) is 0 Å². The number of benzene rings is 1. The molecule has 2 fully saturated rings. The van der Waals surface area contributed by atoms with Gasteiger partial charge in [0.25, 0.3) is 0 Å². The zero-order valence-electron chi connectivity index (χ0n) is 10.4. The number of piperidine rings is 1. The predicted molar refractivity (Wildman–Crippen MR) is 67.0 cm³/mol. The first-order chi connectivity index (χ1) is 9.18. The van der Waals surface area contributed by atoms with Crippen molar-refractivity contribution in [2.24, 2.45) is 0 Å². The maximum absolute atomic E-state index is 13.9. The van der Waals surface area contributed by atoms with Crippen molar-refractivity contribution in [2.45, 2.75) is 31.2 Å². The second-order valence-electron chi connectivity index (χ2n) is 5.05. The molecule has 0 aromatic heterocycles. The minimum Gasteiger partial charge on any atom is -0.320 e. The van der Waals surface area contributed by atoms with Crippen molar-refractivity contribution in [1.29, 1.82) is 0 Å². The molecule has 0 radical (unpaired) electrons. The molecular formula is C14H15FN2O2. The van der Waals surface area contributed by atoms with Gasteiger partial charge in [-0.25, -0.2) is 9.18 Å². The number of halogens is 1. The first-order valence-corrected chi connectivity index (χ1v) is 6.54. The van der Waals surface area contributed by atoms with Crippen LogP contribution in [0.3, 0.4) is 0 Å². The van der Waals surface area contributed by atoms with Crippen LogP contribution in [-0.4, -0.2) is 29.4 Å². The van der Waals surface area contributed by atoms with Gasteiger partial charge >= 0.3 is 6.03 Å². The summed E-state index contributed by atoms with van der Waals surface area (Å²) in [6.07, 6.45) is 2.65. The van der Waals surface area contributed by atoms with Crippen molar-refractivity contribution in [1.82, 2.24) is 10.2 Å². The summed E-state index contributed by atoms with van der Waals surface area (Å²) in [4.78, 5) is 25.6. The van der Waals surface area contributed by atoms with Crippen molar-refractivity contribution in [2.75, 3.05) is 6.54 Å². The van der Waals surface area contributed by atoms with Crippen molar-refractivity contribution in [3.63, 3.8) is 0 Å². The van der Waals surface area contributed by atoms with Gasteiger partial charge in [0.1, 0.15) is 5.82 Å². The Hall–Kier alpha value is -1.91. The van der Waals surface area contributed by atoms with Crippen LogP contribution in [0, 0.1) is 5.82 Å². The lowest BCUT2D eigenvalue weighted by molar-refractivity contribution is -0.125. The van der Waals surface area contributed by atoms with Crippen LogP contribution in [0.2, 0.25) is 0 Å². The number of rotatable bonds is 1. The van der Waals surface area contributed by atoms with E-state index in [2.05, 4.69) is 5.32 Å². The van der Waals surface area contributed by atoms with Crippen LogP contribution in [-0.2, 0) is 4.79 Å². The Balaban J connectivity index is 2.01. The Morgan fingerprint density at radius 3 is 2.79 bits per heavy atom. The van der Waals surface area contributed by atoms with E-state index in [0.29, 0.717) is 12.1 Å². The Morgan fingerprint density at radius 1 is 1.21 bits per heavy atom. The molecule has 0 saturated carbocycles. The quantitative estimate of drug-likeness (QED) is 0.841. The number of hydrogen-bond donors (Lipinski definition) is 1. The number of hydrogen-bond acceptors (Lipinski definition) is 2. The minimum atomic E-state index is -0.598. The summed E-state index contributed by atoms with van der Waals surface area (Å²) in [5, 5.41) is 2.34. The third-order valence-corrected chi connectivity index (χ3v) is 3.95. The summed E-state index contributed by atoms with van der Waals surface area (Å²) < 4.78 is 13.9. The third-order valence-electron chi connectivity index (χ3n) is 3.95. The molecule has 2 aliphatic rings. The van der Waals surface area contributed by atoms with E-state index >= 15 is 0 Å². The minimum absolute atomic E-state index is 0.216. The fourth-order valence-electron chi connectivity index (χ4n) is 3.06. The monoisotopic (exact) mass is 262 g/mol. The zero-order valence-corrected chi connectivity index (χ0v) is 10.4. The van der Waals surface area contributed by atoms with E-state index in [1.807, 2.05) is 0 Å². The molecule has 1 aromatic carbocycles. The van der Waals surface area contributed by atoms with Gasteiger partial charge in [0.2, 0.25) is 5.91 Å². The van der Waals surface area contributed by atoms with Crippen LogP contribution in [0.15, 0.2) is 24.3 Å². The summed E-state index contributed by atoms with van der Waals surface area (Å²) in [5.41, 5.74) is 0.379. The van der Waals surface area contributed by atoms with E-state index in [1.165, 1.54) is 6.07 Å². The summed E-state index contributed by atoms with van der Waals surface area (Å²) in [7, 11) is 0. The second-order valence-corrected chi connectivity index (χ2v) is 5.05. The third kappa shape index (κ3) is 1.99. The van der Waals surface area contributed by atoms with Gasteiger partial charge in [-0.05, 0) is 25.3 Å². The summed E-state index contributed by atoms with van der Waals surface area (Å²) >= 11 is 0. The fourth-order valence-corrected chi connectivity index (χ4v) is 3.06. The molecule has 3 rings (SSSR count). The summed E-state index contributed by atoms with van der Waals surface area (Å²) in [5.74, 6) is -1.38. The van der Waals surface area contributed by atoms with Gasteiger partial charge in [0, 0.05) is 18.2 Å². The van der Waals surface area contributed by atoms with E-state index in [4.69, 9.17) is 0 Å². The molecule has 5 heteroatoms. The van der Waals surface area contributed by atoms with Gasteiger partial charge in [-0.15, -0.1) is 0 Å². The van der Waals surface area contributed by atoms with Gasteiger partial charge in [-0.2, -0.15) is 0 Å². The van der Waals surface area contributed by atoms with Gasteiger partial charge in [-0.3, -0.25) is 10.1 Å². The molecule has 2 saturated heterocycles. The molecule has 19 heavy (non-hydrogen) atoms. The van der Waals surface area contributed by atoms with Crippen LogP contribution in [0.25, 0.3) is 0 Å². The fraction of sp³-hybridized carbons (Fsp3) is 0.429. The molecule has 0 bridgehead atoms.